The van der Waals surface area contributed by atoms with Gasteiger partial charge < -0.3 is 50.9 Å². The van der Waals surface area contributed by atoms with Gasteiger partial charge in [0.15, 0.2) is 22.8 Å². The molecule has 1 fully saturated rings. The highest BCUT2D eigenvalue weighted by atomic mass is 32.2. The number of phosphoric ester groups is 3. The summed E-state index contributed by atoms with van der Waals surface area (Å²) in [4.78, 5) is 87.8. The molecule has 2 aromatic heterocycles. The molecule has 24 nitrogen and oxygen atoms in total. The highest BCUT2D eigenvalue weighted by Crippen LogP contribution is 2.61. The van der Waals surface area contributed by atoms with E-state index in [9.17, 15) is 57.9 Å². The van der Waals surface area contributed by atoms with Crippen LogP contribution < -0.4 is 16.4 Å². The number of imidazole rings is 1. The molecule has 2 amide bonds. The fraction of sp³-hybridized carbons (Fsp3) is 0.742. The number of carbonyl (C=O) groups excluding carboxylic acids is 3. The van der Waals surface area contributed by atoms with Crippen molar-refractivity contribution in [1.29, 1.82) is 0 Å². The summed E-state index contributed by atoms with van der Waals surface area (Å²) in [6.45, 7) is 2.73. The van der Waals surface area contributed by atoms with Crippen LogP contribution in [0.15, 0.2) is 12.7 Å². The first-order valence-electron chi connectivity index (χ1n) is 18.6. The van der Waals surface area contributed by atoms with E-state index in [2.05, 4.69) is 41.3 Å². The van der Waals surface area contributed by atoms with Gasteiger partial charge in [0.05, 0.1) is 19.5 Å². The Balaban J connectivity index is 1.42. The summed E-state index contributed by atoms with van der Waals surface area (Å²) in [5.41, 5.74) is 4.28. The van der Waals surface area contributed by atoms with Crippen LogP contribution in [0, 0.1) is 5.41 Å². The van der Waals surface area contributed by atoms with Gasteiger partial charge in [-0.3, -0.25) is 32.5 Å². The molecule has 2 aromatic rings. The highest BCUT2D eigenvalue weighted by Gasteiger charge is 2.50. The van der Waals surface area contributed by atoms with E-state index in [1.54, 1.807) is 0 Å². The Morgan fingerprint density at radius 2 is 1.63 bits per heavy atom. The lowest BCUT2D eigenvalue weighted by molar-refractivity contribution is -0.137. The molecule has 28 heteroatoms. The summed E-state index contributed by atoms with van der Waals surface area (Å²) in [7, 11) is -16.4. The van der Waals surface area contributed by atoms with Crippen molar-refractivity contribution in [2.24, 2.45) is 5.41 Å². The van der Waals surface area contributed by atoms with Gasteiger partial charge in [-0.1, -0.05) is 71.1 Å². The van der Waals surface area contributed by atoms with Gasteiger partial charge >= 0.3 is 23.5 Å². The number of hydrogen-bond acceptors (Lipinski definition) is 18. The number of nitrogen functional groups attached to an aromatic ring is 1. The maximum Gasteiger partial charge on any atom is 0.481 e. The van der Waals surface area contributed by atoms with Gasteiger partial charge in [0, 0.05) is 37.1 Å². The van der Waals surface area contributed by atoms with Gasteiger partial charge in [-0.2, -0.15) is 4.31 Å². The van der Waals surface area contributed by atoms with Gasteiger partial charge in [0.25, 0.3) is 0 Å². The van der Waals surface area contributed by atoms with Crippen LogP contribution in [0.25, 0.3) is 11.2 Å². The normalized spacial score (nSPS) is 21.2. The van der Waals surface area contributed by atoms with Crippen molar-refractivity contribution in [3.05, 3.63) is 12.7 Å². The topological polar surface area (TPSA) is 364 Å². The zero-order valence-corrected chi connectivity index (χ0v) is 36.2. The van der Waals surface area contributed by atoms with Gasteiger partial charge in [-0.05, 0) is 6.42 Å². The van der Waals surface area contributed by atoms with Gasteiger partial charge in [0.1, 0.15) is 36.3 Å². The molecule has 1 aliphatic heterocycles. The highest BCUT2D eigenvalue weighted by molar-refractivity contribution is 8.13. The third kappa shape index (κ3) is 17.1. The number of rotatable bonds is 27. The second-order valence-electron chi connectivity index (χ2n) is 14.2. The van der Waals surface area contributed by atoms with E-state index < -0.39 is 84.6 Å². The predicted molar refractivity (Wildman–Crippen MR) is 210 cm³/mol. The number of amides is 2. The van der Waals surface area contributed by atoms with Crippen LogP contribution in [0.5, 0.6) is 0 Å². The number of hydrogen-bond donors (Lipinski definition) is 9. The molecule has 3 unspecified atom stereocenters. The minimum Gasteiger partial charge on any atom is -0.386 e. The molecule has 10 N–H and O–H groups in total. The van der Waals surface area contributed by atoms with Crippen LogP contribution in [-0.4, -0.2) is 123 Å². The summed E-state index contributed by atoms with van der Waals surface area (Å²) in [6.07, 6.45) is 1.35. The molecule has 1 aliphatic rings. The zero-order chi connectivity index (χ0) is 44.0. The average molecular weight is 922 g/mol. The predicted octanol–water partition coefficient (Wildman–Crippen LogP) is 1.81. The molecule has 0 saturated carbocycles. The number of carbonyl (C=O) groups is 3. The number of ether oxygens (including phenoxy) is 1. The van der Waals surface area contributed by atoms with Crippen LogP contribution >= 0.6 is 35.2 Å². The number of anilines is 1. The van der Waals surface area contributed by atoms with Crippen LogP contribution in [-0.2, 0) is 50.7 Å². The number of nitrogens with two attached hydrogens (primary N) is 1. The van der Waals surface area contributed by atoms with Gasteiger partial charge in [0.2, 0.25) is 11.8 Å². The van der Waals surface area contributed by atoms with Crippen molar-refractivity contribution in [2.45, 2.75) is 109 Å². The molecule has 7 atom stereocenters. The smallest absolute Gasteiger partial charge is 0.386 e. The summed E-state index contributed by atoms with van der Waals surface area (Å²) in [6, 6.07) is 0. The molecular weight excluding hydrogens is 867 g/mol. The fourth-order valence-corrected chi connectivity index (χ4v) is 9.14. The number of fused-ring (bicyclic) bond motifs is 1. The quantitative estimate of drug-likeness (QED) is 0.0455. The number of aliphatic hydroxyl groups excluding tert-OH is 2. The Kier molecular flexibility index (Phi) is 20.0. The number of nitrogens with one attached hydrogen (secondary N) is 2. The number of nitrogens with zero attached hydrogens (tertiary/aromatic N) is 4. The van der Waals surface area contributed by atoms with Crippen molar-refractivity contribution in [1.82, 2.24) is 30.2 Å². The molecule has 0 aliphatic carbocycles. The SMILES string of the molecule is CCCCCCCCCC(=O)SCCNC(=O)CCNC(=O)[C@H](O)C(C)(C)COP(=O)(O)OP(=O)(O)OC[C@H]1O[C@@H](n2cnc3c(N)ncnc32)C(O)[C@H]1OP(=O)(O)O. The van der Waals surface area contributed by atoms with E-state index >= 15 is 0 Å². The molecule has 59 heavy (non-hydrogen) atoms. The van der Waals surface area contributed by atoms with E-state index in [1.165, 1.54) is 39.5 Å². The number of unbranched alkanes of at least 4 members (excludes halogenated alkanes) is 6. The number of phosphoric acid groups is 3. The maximum atomic E-state index is 12.7. The molecule has 1 saturated heterocycles. The van der Waals surface area contributed by atoms with E-state index in [-0.39, 0.29) is 41.6 Å². The standard InChI is InChI=1S/C31H54N7O17P3S/c1-4-5-6-7-8-9-10-11-22(40)59-15-14-33-21(39)12-13-34-29(43)26(42)31(2,3)17-52-58(49,50)55-57(47,48)51-16-20-25(54-56(44,45)46)24(41)30(53-20)38-19-37-23-27(32)35-18-36-28(23)38/h18-20,24-26,30,41-42H,4-17H2,1-3H3,(H,33,39)(H,34,43)(H,47,48)(H,49,50)(H2,32,35,36)(H2,44,45,46)/t20-,24?,25+,26+,30-/m1/s1. The zero-order valence-electron chi connectivity index (χ0n) is 32.7. The third-order valence-electron chi connectivity index (χ3n) is 8.75. The first kappa shape index (κ1) is 50.9. The molecule has 3 rings (SSSR count). The molecule has 336 valence electrons. The van der Waals surface area contributed by atoms with E-state index in [0.29, 0.717) is 12.2 Å². The first-order valence-corrected chi connectivity index (χ1v) is 24.1. The van der Waals surface area contributed by atoms with E-state index in [4.69, 9.17) is 19.5 Å². The Hall–Kier alpha value is -2.44. The molecule has 0 bridgehead atoms. The van der Waals surface area contributed by atoms with E-state index in [0.717, 1.165) is 48.2 Å². The van der Waals surface area contributed by atoms with Crippen LogP contribution in [0.2, 0.25) is 0 Å². The maximum absolute atomic E-state index is 12.7. The number of aromatic nitrogens is 4. The minimum atomic E-state index is -5.57. The Labute approximate surface area is 344 Å². The fourth-order valence-electron chi connectivity index (χ4n) is 5.59. The molecule has 3 heterocycles. The summed E-state index contributed by atoms with van der Waals surface area (Å²) in [5, 5.41) is 26.5. The number of thioether (sulfide) groups is 1. The average Bonchev–Trinajstić information content (AvgIpc) is 3.71. The lowest BCUT2D eigenvalue weighted by atomic mass is 9.87. The van der Waals surface area contributed by atoms with Crippen molar-refractivity contribution < 1.29 is 80.5 Å². The molecule has 0 spiro atoms. The van der Waals surface area contributed by atoms with Crippen molar-refractivity contribution in [3.63, 3.8) is 0 Å². The van der Waals surface area contributed by atoms with Crippen LogP contribution in [0.3, 0.4) is 0 Å². The molecule has 0 aromatic carbocycles. The Bertz CT molecular complexity index is 1850. The minimum absolute atomic E-state index is 0.0329. The van der Waals surface area contributed by atoms with Crippen molar-refractivity contribution in [3.8, 4) is 0 Å². The second-order valence-corrected chi connectivity index (χ2v) is 19.5. The monoisotopic (exact) mass is 921 g/mol. The van der Waals surface area contributed by atoms with Gasteiger partial charge in [-0.15, -0.1) is 0 Å². The second kappa shape index (κ2) is 23.1. The lowest BCUT2D eigenvalue weighted by Gasteiger charge is -2.30. The van der Waals surface area contributed by atoms with Gasteiger partial charge in [-0.25, -0.2) is 28.6 Å². The van der Waals surface area contributed by atoms with Crippen LogP contribution in [0.1, 0.15) is 84.8 Å². The third-order valence-corrected chi connectivity index (χ3v) is 12.8. The number of aliphatic hydroxyl groups is 2. The Morgan fingerprint density at radius 1 is 0.966 bits per heavy atom. The van der Waals surface area contributed by atoms with Crippen molar-refractivity contribution in [2.75, 3.05) is 37.8 Å². The summed E-state index contributed by atoms with van der Waals surface area (Å²) < 4.78 is 62.2. The molecular formula is C31H54N7O17P3S. The Morgan fingerprint density at radius 3 is 2.31 bits per heavy atom. The van der Waals surface area contributed by atoms with Crippen molar-refractivity contribution >= 4 is 69.1 Å². The van der Waals surface area contributed by atoms with E-state index in [1.807, 2.05) is 0 Å². The first-order chi connectivity index (χ1) is 27.6. The largest absolute Gasteiger partial charge is 0.481 e. The summed E-state index contributed by atoms with van der Waals surface area (Å²) >= 11 is 1.14. The summed E-state index contributed by atoms with van der Waals surface area (Å²) in [5.74, 6) is -1.03. The molecule has 0 radical (unpaired) electrons. The lowest BCUT2D eigenvalue weighted by Crippen LogP contribution is -2.46. The van der Waals surface area contributed by atoms with Crippen LogP contribution in [0.4, 0.5) is 5.82 Å².